The second-order valence-corrected chi connectivity index (χ2v) is 4.98. The fourth-order valence-corrected chi connectivity index (χ4v) is 2.12. The van der Waals surface area contributed by atoms with Crippen LogP contribution >= 0.6 is 11.8 Å². The summed E-state index contributed by atoms with van der Waals surface area (Å²) in [6.07, 6.45) is 0. The second-order valence-electron chi connectivity index (χ2n) is 3.98. The van der Waals surface area contributed by atoms with Crippen molar-refractivity contribution in [2.45, 2.75) is 11.9 Å². The number of nitrogens with zero attached hydrogens (tertiary/aromatic N) is 2. The van der Waals surface area contributed by atoms with E-state index in [0.717, 1.165) is 22.0 Å². The third kappa shape index (κ3) is 3.79. The van der Waals surface area contributed by atoms with E-state index in [2.05, 4.69) is 10.2 Å². The number of rotatable bonds is 5. The van der Waals surface area contributed by atoms with E-state index in [4.69, 9.17) is 4.74 Å². The fraction of sp³-hybridized carbons (Fsp3) is 0.214. The van der Waals surface area contributed by atoms with Crippen molar-refractivity contribution in [3.63, 3.8) is 0 Å². The van der Waals surface area contributed by atoms with Crippen LogP contribution in [0.2, 0.25) is 0 Å². The van der Waals surface area contributed by atoms with Gasteiger partial charge in [0.2, 0.25) is 0 Å². The molecule has 0 radical (unpaired) electrons. The number of hydrogen-bond donors (Lipinski definition) is 0. The molecule has 0 aliphatic heterocycles. The molecule has 4 nitrogen and oxygen atoms in total. The molecule has 2 rings (SSSR count). The van der Waals surface area contributed by atoms with Gasteiger partial charge in [-0.25, -0.2) is 0 Å². The van der Waals surface area contributed by atoms with E-state index in [0.29, 0.717) is 5.75 Å². The number of methoxy groups -OCH3 is 1. The SMILES string of the molecule is COc1cccc(-c2ccc(SCC(C)=O)nn2)c1. The minimum atomic E-state index is 0.128. The van der Waals surface area contributed by atoms with Gasteiger partial charge in [0.1, 0.15) is 16.6 Å². The van der Waals surface area contributed by atoms with Crippen LogP contribution in [0, 0.1) is 0 Å². The first-order valence-electron chi connectivity index (χ1n) is 5.79. The van der Waals surface area contributed by atoms with Crippen LogP contribution in [-0.2, 0) is 4.79 Å². The lowest BCUT2D eigenvalue weighted by atomic mass is 10.1. The lowest BCUT2D eigenvalue weighted by molar-refractivity contribution is -0.114. The van der Waals surface area contributed by atoms with Gasteiger partial charge >= 0.3 is 0 Å². The average molecular weight is 274 g/mol. The van der Waals surface area contributed by atoms with Crippen molar-refractivity contribution >= 4 is 17.5 Å². The van der Waals surface area contributed by atoms with Gasteiger partial charge in [-0.1, -0.05) is 23.9 Å². The zero-order valence-electron chi connectivity index (χ0n) is 10.8. The molecule has 5 heteroatoms. The van der Waals surface area contributed by atoms with Crippen molar-refractivity contribution in [1.29, 1.82) is 0 Å². The van der Waals surface area contributed by atoms with Gasteiger partial charge in [-0.2, -0.15) is 0 Å². The molecule has 1 heterocycles. The van der Waals surface area contributed by atoms with Crippen molar-refractivity contribution < 1.29 is 9.53 Å². The highest BCUT2D eigenvalue weighted by Crippen LogP contribution is 2.23. The lowest BCUT2D eigenvalue weighted by Gasteiger charge is -2.04. The molecule has 19 heavy (non-hydrogen) atoms. The number of Topliss-reactive ketones (excluding diaryl/α,β-unsaturated/α-hetero) is 1. The number of aromatic nitrogens is 2. The monoisotopic (exact) mass is 274 g/mol. The van der Waals surface area contributed by atoms with E-state index in [9.17, 15) is 4.79 Å². The molecular formula is C14H14N2O2S. The van der Waals surface area contributed by atoms with E-state index in [1.165, 1.54) is 11.8 Å². The number of thioether (sulfide) groups is 1. The highest BCUT2D eigenvalue weighted by atomic mass is 32.2. The maximum atomic E-state index is 10.9. The predicted octanol–water partition coefficient (Wildman–Crippen LogP) is 2.83. The quantitative estimate of drug-likeness (QED) is 0.785. The highest BCUT2D eigenvalue weighted by molar-refractivity contribution is 7.99. The van der Waals surface area contributed by atoms with Crippen LogP contribution in [0.25, 0.3) is 11.3 Å². The zero-order chi connectivity index (χ0) is 13.7. The molecule has 1 aromatic heterocycles. The van der Waals surface area contributed by atoms with Crippen LogP contribution < -0.4 is 4.74 Å². The Hall–Kier alpha value is -1.88. The molecule has 0 amide bonds. The zero-order valence-corrected chi connectivity index (χ0v) is 11.6. The van der Waals surface area contributed by atoms with Gasteiger partial charge < -0.3 is 4.74 Å². The molecule has 0 aliphatic carbocycles. The Labute approximate surface area is 116 Å². The van der Waals surface area contributed by atoms with Gasteiger partial charge in [0.15, 0.2) is 0 Å². The van der Waals surface area contributed by atoms with Crippen molar-refractivity contribution in [2.24, 2.45) is 0 Å². The molecule has 0 atom stereocenters. The third-order valence-corrected chi connectivity index (χ3v) is 3.49. The normalized spacial score (nSPS) is 10.2. The Morgan fingerprint density at radius 2 is 2.11 bits per heavy atom. The van der Waals surface area contributed by atoms with Crippen LogP contribution in [-0.4, -0.2) is 28.8 Å². The average Bonchev–Trinajstić information content (AvgIpc) is 2.45. The Morgan fingerprint density at radius 1 is 1.26 bits per heavy atom. The van der Waals surface area contributed by atoms with Crippen LogP contribution in [0.4, 0.5) is 0 Å². The van der Waals surface area contributed by atoms with Crippen molar-refractivity contribution in [3.8, 4) is 17.0 Å². The summed E-state index contributed by atoms with van der Waals surface area (Å²) in [7, 11) is 1.63. The molecule has 2 aromatic rings. The molecule has 0 bridgehead atoms. The van der Waals surface area contributed by atoms with Crippen molar-refractivity contribution in [2.75, 3.05) is 12.9 Å². The number of hydrogen-bond acceptors (Lipinski definition) is 5. The van der Waals surface area contributed by atoms with Gasteiger partial charge in [0.25, 0.3) is 0 Å². The van der Waals surface area contributed by atoms with Gasteiger partial charge in [-0.15, -0.1) is 10.2 Å². The molecule has 1 aromatic carbocycles. The molecular weight excluding hydrogens is 260 g/mol. The first-order valence-corrected chi connectivity index (χ1v) is 6.78. The second kappa shape index (κ2) is 6.33. The molecule has 0 fully saturated rings. The van der Waals surface area contributed by atoms with E-state index < -0.39 is 0 Å². The largest absolute Gasteiger partial charge is 0.497 e. The van der Waals surface area contributed by atoms with Gasteiger partial charge in [-0.05, 0) is 31.2 Å². The Bertz CT molecular complexity index is 570. The first kappa shape index (κ1) is 13.5. The van der Waals surface area contributed by atoms with E-state index in [1.807, 2.05) is 36.4 Å². The topological polar surface area (TPSA) is 52.1 Å². The fourth-order valence-electron chi connectivity index (χ4n) is 1.51. The molecule has 98 valence electrons. The molecule has 0 saturated carbocycles. The van der Waals surface area contributed by atoms with Crippen LogP contribution in [0.3, 0.4) is 0 Å². The minimum absolute atomic E-state index is 0.128. The predicted molar refractivity (Wildman–Crippen MR) is 75.4 cm³/mol. The van der Waals surface area contributed by atoms with Crippen LogP contribution in [0.1, 0.15) is 6.92 Å². The Balaban J connectivity index is 2.15. The summed E-state index contributed by atoms with van der Waals surface area (Å²) in [6.45, 7) is 1.56. The van der Waals surface area contributed by atoms with Crippen molar-refractivity contribution in [1.82, 2.24) is 10.2 Å². The maximum absolute atomic E-state index is 10.9. The molecule has 0 spiro atoms. The minimum Gasteiger partial charge on any atom is -0.497 e. The maximum Gasteiger partial charge on any atom is 0.140 e. The summed E-state index contributed by atoms with van der Waals surface area (Å²) in [5, 5.41) is 9.02. The summed E-state index contributed by atoms with van der Waals surface area (Å²) < 4.78 is 5.18. The first-order chi connectivity index (χ1) is 9.19. The van der Waals surface area contributed by atoms with Crippen molar-refractivity contribution in [3.05, 3.63) is 36.4 Å². The molecule has 0 aliphatic rings. The lowest BCUT2D eigenvalue weighted by Crippen LogP contribution is -1.95. The van der Waals surface area contributed by atoms with Gasteiger partial charge in [-0.3, -0.25) is 4.79 Å². The summed E-state index contributed by atoms with van der Waals surface area (Å²) in [5.41, 5.74) is 1.74. The third-order valence-electron chi connectivity index (χ3n) is 2.43. The summed E-state index contributed by atoms with van der Waals surface area (Å²) in [6, 6.07) is 11.4. The highest BCUT2D eigenvalue weighted by Gasteiger charge is 2.04. The number of benzene rings is 1. The summed E-state index contributed by atoms with van der Waals surface area (Å²) in [5.74, 6) is 1.34. The van der Waals surface area contributed by atoms with Crippen LogP contribution in [0.15, 0.2) is 41.4 Å². The number of ether oxygens (including phenoxy) is 1. The van der Waals surface area contributed by atoms with E-state index >= 15 is 0 Å². The number of carbonyl (C=O) groups excluding carboxylic acids is 1. The van der Waals surface area contributed by atoms with Gasteiger partial charge in [0.05, 0.1) is 18.6 Å². The molecule has 0 unspecified atom stereocenters. The number of carbonyl (C=O) groups is 1. The van der Waals surface area contributed by atoms with Gasteiger partial charge in [0, 0.05) is 5.56 Å². The molecule has 0 saturated heterocycles. The standard InChI is InChI=1S/C14H14N2O2S/c1-10(17)9-19-14-7-6-13(15-16-14)11-4-3-5-12(8-11)18-2/h3-8H,9H2,1-2H3. The van der Waals surface area contributed by atoms with E-state index in [1.54, 1.807) is 14.0 Å². The summed E-state index contributed by atoms with van der Waals surface area (Å²) in [4.78, 5) is 10.9. The van der Waals surface area contributed by atoms with E-state index in [-0.39, 0.29) is 5.78 Å². The Morgan fingerprint density at radius 3 is 2.74 bits per heavy atom. The van der Waals surface area contributed by atoms with Crippen LogP contribution in [0.5, 0.6) is 5.75 Å². The Kier molecular flexibility index (Phi) is 4.52. The molecule has 0 N–H and O–H groups in total. The smallest absolute Gasteiger partial charge is 0.140 e. The summed E-state index contributed by atoms with van der Waals surface area (Å²) >= 11 is 1.39. The number of ketones is 1.